The van der Waals surface area contributed by atoms with E-state index in [4.69, 9.17) is 37.0 Å². The number of carbonyl (C=O) groups is 4. The van der Waals surface area contributed by atoms with Crippen LogP contribution in [0.15, 0.2) is 0 Å². The molecule has 3 unspecified atom stereocenters. The minimum absolute atomic E-state index is 0.104. The van der Waals surface area contributed by atoms with Gasteiger partial charge in [-0.2, -0.15) is 0 Å². The molecule has 0 heterocycles. The lowest BCUT2D eigenvalue weighted by Crippen LogP contribution is -2.30. The summed E-state index contributed by atoms with van der Waals surface area (Å²) in [6, 6.07) is 0. The lowest BCUT2D eigenvalue weighted by Gasteiger charge is -2.21. The molecule has 0 aromatic carbocycles. The fraction of sp³-hybridized carbons (Fsp3) is 0.947. The van der Waals surface area contributed by atoms with Gasteiger partial charge in [-0.15, -0.1) is 0 Å². The van der Waals surface area contributed by atoms with Crippen LogP contribution in [0.3, 0.4) is 0 Å². The van der Waals surface area contributed by atoms with Gasteiger partial charge in [0.1, 0.15) is 19.3 Å². The summed E-state index contributed by atoms with van der Waals surface area (Å²) < 4.78 is 68.3. The molecule has 6 atom stereocenters. The Morgan fingerprint density at radius 1 is 0.309 bits per heavy atom. The molecule has 0 aliphatic rings. The van der Waals surface area contributed by atoms with Crippen molar-refractivity contribution in [3.63, 3.8) is 0 Å². The van der Waals surface area contributed by atoms with Crippen LogP contribution in [0.2, 0.25) is 0 Å². The smallest absolute Gasteiger partial charge is 0.462 e. The number of rotatable bonds is 74. The molecule has 0 aliphatic heterocycles. The third-order valence-corrected chi connectivity index (χ3v) is 19.7. The van der Waals surface area contributed by atoms with Crippen LogP contribution in [-0.4, -0.2) is 96.7 Å². The highest BCUT2D eigenvalue weighted by Crippen LogP contribution is 2.45. The first-order chi connectivity index (χ1) is 45.4. The first kappa shape index (κ1) is 92.1. The summed E-state index contributed by atoms with van der Waals surface area (Å²) >= 11 is 0. The summed E-state index contributed by atoms with van der Waals surface area (Å²) in [7, 11) is -9.90. The van der Waals surface area contributed by atoms with Crippen molar-refractivity contribution >= 4 is 39.5 Å². The normalized spacial score (nSPS) is 14.3. The summed E-state index contributed by atoms with van der Waals surface area (Å²) in [5, 5.41) is 10.6. The molecule has 94 heavy (non-hydrogen) atoms. The first-order valence-electron chi connectivity index (χ1n) is 39.0. The van der Waals surface area contributed by atoms with Gasteiger partial charge in [-0.25, -0.2) is 9.13 Å². The molecule has 0 spiro atoms. The van der Waals surface area contributed by atoms with Crippen LogP contribution in [0.5, 0.6) is 0 Å². The standard InChI is InChI=1S/C75H146O17P2/c1-7-10-12-14-16-17-18-19-27-30-33-40-46-52-58-73(78)86-64-71(91-74(79)59-53-47-41-34-31-28-25-23-21-20-22-24-26-29-32-39-44-50-56-68(6)9-3)66-90-94(83,84)88-62-69(76)61-87-93(81,82)89-65-70(63-85-72(77)57-51-45-37-15-13-11-8-2)92-75(80)60-54-48-42-36-35-38-43-49-55-67(4)5/h67-71,76H,7-66H2,1-6H3,(H,81,82)(H,83,84)/t68?,69-,70+,71+/m0/s1. The molecule has 0 fully saturated rings. The Kier molecular flexibility index (Phi) is 65.5. The highest BCUT2D eigenvalue weighted by atomic mass is 31.2. The number of phosphoric acid groups is 2. The van der Waals surface area contributed by atoms with Gasteiger partial charge in [0.05, 0.1) is 26.4 Å². The molecule has 0 bridgehead atoms. The van der Waals surface area contributed by atoms with Crippen molar-refractivity contribution in [3.05, 3.63) is 0 Å². The van der Waals surface area contributed by atoms with Crippen LogP contribution in [-0.2, 0) is 65.4 Å². The fourth-order valence-corrected chi connectivity index (χ4v) is 13.0. The minimum Gasteiger partial charge on any atom is -0.462 e. The summed E-state index contributed by atoms with van der Waals surface area (Å²) in [4.78, 5) is 72.6. The molecular weight excluding hydrogens is 1230 g/mol. The number of aliphatic hydroxyl groups is 1. The molecule has 0 aliphatic carbocycles. The van der Waals surface area contributed by atoms with Crippen LogP contribution in [0.25, 0.3) is 0 Å². The molecule has 0 rings (SSSR count). The Balaban J connectivity index is 5.15. The highest BCUT2D eigenvalue weighted by molar-refractivity contribution is 7.47. The van der Waals surface area contributed by atoms with E-state index in [9.17, 15) is 43.2 Å². The van der Waals surface area contributed by atoms with E-state index in [1.54, 1.807) is 0 Å². The topological polar surface area (TPSA) is 237 Å². The van der Waals surface area contributed by atoms with Crippen molar-refractivity contribution in [2.75, 3.05) is 39.6 Å². The second kappa shape index (κ2) is 66.9. The van der Waals surface area contributed by atoms with Crippen molar-refractivity contribution in [2.45, 2.75) is 407 Å². The van der Waals surface area contributed by atoms with E-state index in [0.717, 1.165) is 115 Å². The van der Waals surface area contributed by atoms with Crippen LogP contribution in [0.4, 0.5) is 0 Å². The summed E-state index contributed by atoms with van der Waals surface area (Å²) in [5.74, 6) is -0.534. The van der Waals surface area contributed by atoms with Crippen LogP contribution < -0.4 is 0 Å². The van der Waals surface area contributed by atoms with E-state index in [1.165, 1.54) is 193 Å². The summed E-state index contributed by atoms with van der Waals surface area (Å²) in [5.41, 5.74) is 0. The van der Waals surface area contributed by atoms with Gasteiger partial charge in [0, 0.05) is 25.7 Å². The monoisotopic (exact) mass is 1380 g/mol. The van der Waals surface area contributed by atoms with E-state index >= 15 is 0 Å². The number of aliphatic hydroxyl groups excluding tert-OH is 1. The zero-order valence-corrected chi connectivity index (χ0v) is 63.1. The van der Waals surface area contributed by atoms with Gasteiger partial charge in [-0.05, 0) is 37.5 Å². The number of phosphoric ester groups is 2. The minimum atomic E-state index is -4.95. The van der Waals surface area contributed by atoms with Crippen LogP contribution >= 0.6 is 15.6 Å². The van der Waals surface area contributed by atoms with Gasteiger partial charge >= 0.3 is 39.5 Å². The van der Waals surface area contributed by atoms with Gasteiger partial charge in [0.15, 0.2) is 12.2 Å². The SMILES string of the molecule is CCCCCCCCCCCCCCCCC(=O)OC[C@H](COP(=O)(O)OC[C@@H](O)COP(=O)(O)OC[C@@H](COC(=O)CCCCCCCCC)OC(=O)CCCCCCCCCCC(C)C)OC(=O)CCCCCCCCCCCCCCCCCCCCC(C)CC. The molecular formula is C75H146O17P2. The first-order valence-corrected chi connectivity index (χ1v) is 42.0. The molecule has 558 valence electrons. The molecule has 0 radical (unpaired) electrons. The zero-order chi connectivity index (χ0) is 69.3. The molecule has 17 nitrogen and oxygen atoms in total. The van der Waals surface area contributed by atoms with Gasteiger partial charge in [0.25, 0.3) is 0 Å². The Bertz CT molecular complexity index is 1820. The van der Waals surface area contributed by atoms with E-state index < -0.39 is 97.5 Å². The average Bonchev–Trinajstić information content (AvgIpc) is 1.94. The van der Waals surface area contributed by atoms with Gasteiger partial charge < -0.3 is 33.8 Å². The lowest BCUT2D eigenvalue weighted by atomic mass is 9.99. The number of ether oxygens (including phenoxy) is 4. The second-order valence-corrected chi connectivity index (χ2v) is 30.7. The number of hydrogen-bond donors (Lipinski definition) is 3. The third kappa shape index (κ3) is 67.3. The maximum Gasteiger partial charge on any atom is 0.472 e. The fourth-order valence-electron chi connectivity index (χ4n) is 11.4. The Morgan fingerprint density at radius 2 is 0.543 bits per heavy atom. The third-order valence-electron chi connectivity index (χ3n) is 17.8. The maximum atomic E-state index is 13.1. The molecule has 0 saturated heterocycles. The van der Waals surface area contributed by atoms with Crippen LogP contribution in [0.1, 0.15) is 388 Å². The number of esters is 4. The van der Waals surface area contributed by atoms with E-state index in [2.05, 4.69) is 41.5 Å². The molecule has 0 aromatic rings. The van der Waals surface area contributed by atoms with E-state index in [0.29, 0.717) is 25.7 Å². The van der Waals surface area contributed by atoms with Crippen molar-refractivity contribution in [1.82, 2.24) is 0 Å². The summed E-state index contributed by atoms with van der Waals surface area (Å²) in [6.07, 6.45) is 54.3. The predicted molar refractivity (Wildman–Crippen MR) is 381 cm³/mol. The average molecular weight is 1380 g/mol. The van der Waals surface area contributed by atoms with Crippen LogP contribution in [0, 0.1) is 11.8 Å². The number of hydrogen-bond acceptors (Lipinski definition) is 15. The molecule has 19 heteroatoms. The van der Waals surface area contributed by atoms with E-state index in [-0.39, 0.29) is 25.7 Å². The van der Waals surface area contributed by atoms with Crippen molar-refractivity contribution in [2.24, 2.45) is 11.8 Å². The largest absolute Gasteiger partial charge is 0.472 e. The lowest BCUT2D eigenvalue weighted by molar-refractivity contribution is -0.161. The quantitative estimate of drug-likeness (QED) is 0.0222. The van der Waals surface area contributed by atoms with Crippen molar-refractivity contribution in [1.29, 1.82) is 0 Å². The molecule has 0 aromatic heterocycles. The predicted octanol–water partition coefficient (Wildman–Crippen LogP) is 21.9. The van der Waals surface area contributed by atoms with Gasteiger partial charge in [-0.1, -0.05) is 337 Å². The maximum absolute atomic E-state index is 13.1. The Labute approximate surface area is 575 Å². The molecule has 0 saturated carbocycles. The second-order valence-electron chi connectivity index (χ2n) is 27.8. The summed E-state index contributed by atoms with van der Waals surface area (Å²) in [6.45, 7) is 9.57. The molecule has 3 N–H and O–H groups in total. The number of unbranched alkanes of at least 4 members (excludes halogenated alkanes) is 43. The van der Waals surface area contributed by atoms with E-state index in [1.807, 2.05) is 0 Å². The molecule has 0 amide bonds. The van der Waals surface area contributed by atoms with Crippen molar-refractivity contribution in [3.8, 4) is 0 Å². The number of carbonyl (C=O) groups excluding carboxylic acids is 4. The Hall–Kier alpha value is -1.94. The van der Waals surface area contributed by atoms with Crippen molar-refractivity contribution < 1.29 is 80.2 Å². The van der Waals surface area contributed by atoms with Gasteiger partial charge in [0.2, 0.25) is 0 Å². The highest BCUT2D eigenvalue weighted by Gasteiger charge is 2.30. The Morgan fingerprint density at radius 3 is 0.809 bits per heavy atom. The zero-order valence-electron chi connectivity index (χ0n) is 61.3. The van der Waals surface area contributed by atoms with Gasteiger partial charge in [-0.3, -0.25) is 37.3 Å².